The van der Waals surface area contributed by atoms with Gasteiger partial charge in [-0.2, -0.15) is 5.26 Å². The number of esters is 1. The van der Waals surface area contributed by atoms with Gasteiger partial charge in [-0.25, -0.2) is 4.79 Å². The van der Waals surface area contributed by atoms with Crippen molar-refractivity contribution in [3.05, 3.63) is 39.3 Å². The van der Waals surface area contributed by atoms with Crippen LogP contribution in [0.3, 0.4) is 0 Å². The quantitative estimate of drug-likeness (QED) is 0.366. The molecule has 0 radical (unpaired) electrons. The molecule has 1 aromatic heterocycles. The summed E-state index contributed by atoms with van der Waals surface area (Å²) in [4.78, 5) is 26.6. The smallest absolute Gasteiger partial charge is 0.341 e. The first-order chi connectivity index (χ1) is 15.4. The number of benzene rings is 1. The van der Waals surface area contributed by atoms with E-state index in [0.29, 0.717) is 16.1 Å². The Morgan fingerprint density at radius 2 is 1.88 bits per heavy atom. The number of nitrogens with zero attached hydrogens (tertiary/aromatic N) is 1. The minimum Gasteiger partial charge on any atom is -0.502 e. The molecule has 1 aliphatic rings. The number of hydrogen-bond acceptors (Lipinski definition) is 8. The number of methoxy groups -OCH3 is 2. The van der Waals surface area contributed by atoms with Crippen molar-refractivity contribution in [2.45, 2.75) is 32.6 Å². The number of phenolic OH excluding ortho intramolecular Hbond substituents is 1. The van der Waals surface area contributed by atoms with Crippen LogP contribution in [0.15, 0.2) is 17.7 Å². The molecule has 32 heavy (non-hydrogen) atoms. The van der Waals surface area contributed by atoms with Gasteiger partial charge in [-0.1, -0.05) is 0 Å². The summed E-state index contributed by atoms with van der Waals surface area (Å²) in [6.07, 6.45) is 4.95. The van der Waals surface area contributed by atoms with Crippen LogP contribution in [0.5, 0.6) is 17.2 Å². The maximum absolute atomic E-state index is 12.9. The Labute approximate surface area is 190 Å². The molecule has 0 spiro atoms. The summed E-state index contributed by atoms with van der Waals surface area (Å²) in [5.41, 5.74) is 1.55. The average molecular weight is 457 g/mol. The minimum absolute atomic E-state index is 0.142. The normalized spacial score (nSPS) is 13.0. The fourth-order valence-corrected chi connectivity index (χ4v) is 4.83. The number of carbonyl (C=O) groups excluding carboxylic acids is 2. The summed E-state index contributed by atoms with van der Waals surface area (Å²) in [5.74, 6) is -1.02. The number of nitriles is 1. The van der Waals surface area contributed by atoms with Gasteiger partial charge in [0, 0.05) is 4.88 Å². The summed E-state index contributed by atoms with van der Waals surface area (Å²) >= 11 is 1.35. The zero-order valence-corrected chi connectivity index (χ0v) is 18.9. The highest BCUT2D eigenvalue weighted by Crippen LogP contribution is 2.39. The van der Waals surface area contributed by atoms with E-state index < -0.39 is 11.9 Å². The summed E-state index contributed by atoms with van der Waals surface area (Å²) in [5, 5.41) is 22.8. The van der Waals surface area contributed by atoms with Crippen LogP contribution in [-0.4, -0.2) is 37.8 Å². The molecule has 9 heteroatoms. The number of phenols is 1. The molecule has 1 aliphatic carbocycles. The van der Waals surface area contributed by atoms with Gasteiger partial charge in [0.25, 0.3) is 5.91 Å². The molecule has 1 aromatic carbocycles. The Hall–Kier alpha value is -3.51. The number of aromatic hydroxyl groups is 1. The number of anilines is 1. The number of aryl methyl sites for hydroxylation is 1. The molecule has 0 atom stereocenters. The lowest BCUT2D eigenvalue weighted by Gasteiger charge is -2.12. The first kappa shape index (κ1) is 23.2. The standard InChI is InChI=1S/C23H24N2O6S/c1-4-31-23(28)19-15-7-5-6-8-18(15)32-22(19)25-21(27)14(12-24)9-13-10-16(29-2)20(26)17(11-13)30-3/h9-11,26H,4-8H2,1-3H3,(H,25,27)/b14-9-. The summed E-state index contributed by atoms with van der Waals surface area (Å²) < 4.78 is 15.4. The van der Waals surface area contributed by atoms with E-state index in [-0.39, 0.29) is 29.4 Å². The summed E-state index contributed by atoms with van der Waals surface area (Å²) in [6, 6.07) is 4.85. The maximum Gasteiger partial charge on any atom is 0.341 e. The van der Waals surface area contributed by atoms with E-state index in [4.69, 9.17) is 14.2 Å². The second kappa shape index (κ2) is 10.2. The van der Waals surface area contributed by atoms with Crippen LogP contribution in [-0.2, 0) is 22.4 Å². The van der Waals surface area contributed by atoms with Gasteiger partial charge in [0.1, 0.15) is 16.6 Å². The molecular weight excluding hydrogens is 432 g/mol. The highest BCUT2D eigenvalue weighted by molar-refractivity contribution is 7.17. The molecule has 2 N–H and O–H groups in total. The van der Waals surface area contributed by atoms with Crippen LogP contribution in [0.25, 0.3) is 6.08 Å². The SMILES string of the molecule is CCOC(=O)c1c(NC(=O)/C(C#N)=C\c2cc(OC)c(O)c(OC)c2)sc2c1CCCC2. The van der Waals surface area contributed by atoms with Gasteiger partial charge in [-0.3, -0.25) is 4.79 Å². The molecular formula is C23H24N2O6S. The Morgan fingerprint density at radius 3 is 2.47 bits per heavy atom. The maximum atomic E-state index is 12.9. The third-order valence-electron chi connectivity index (χ3n) is 5.06. The van der Waals surface area contributed by atoms with Crippen molar-refractivity contribution < 1.29 is 28.9 Å². The Bertz CT molecular complexity index is 1090. The van der Waals surface area contributed by atoms with Gasteiger partial charge in [-0.05, 0) is 61.9 Å². The van der Waals surface area contributed by atoms with E-state index in [1.54, 1.807) is 6.92 Å². The molecule has 0 aliphatic heterocycles. The largest absolute Gasteiger partial charge is 0.502 e. The van der Waals surface area contributed by atoms with Crippen LogP contribution in [0.1, 0.15) is 46.1 Å². The third-order valence-corrected chi connectivity index (χ3v) is 6.26. The lowest BCUT2D eigenvalue weighted by atomic mass is 9.95. The number of nitrogens with one attached hydrogen (secondary N) is 1. The van der Waals surface area contributed by atoms with Gasteiger partial charge in [0.15, 0.2) is 11.5 Å². The zero-order valence-electron chi connectivity index (χ0n) is 18.1. The van der Waals surface area contributed by atoms with Crippen molar-refractivity contribution in [1.82, 2.24) is 0 Å². The Morgan fingerprint density at radius 1 is 1.22 bits per heavy atom. The van der Waals surface area contributed by atoms with Crippen molar-refractivity contribution >= 4 is 34.3 Å². The number of rotatable bonds is 7. The van der Waals surface area contributed by atoms with Crippen molar-refractivity contribution in [3.63, 3.8) is 0 Å². The first-order valence-corrected chi connectivity index (χ1v) is 10.9. The molecule has 3 rings (SSSR count). The molecule has 0 saturated carbocycles. The molecule has 2 aromatic rings. The number of fused-ring (bicyclic) bond motifs is 1. The average Bonchev–Trinajstić information content (AvgIpc) is 3.16. The van der Waals surface area contributed by atoms with Gasteiger partial charge in [0.2, 0.25) is 5.75 Å². The monoisotopic (exact) mass is 456 g/mol. The predicted molar refractivity (Wildman–Crippen MR) is 120 cm³/mol. The lowest BCUT2D eigenvalue weighted by Crippen LogP contribution is -2.16. The molecule has 0 fully saturated rings. The Balaban J connectivity index is 1.95. The number of amides is 1. The van der Waals surface area contributed by atoms with Gasteiger partial charge in [-0.15, -0.1) is 11.3 Å². The highest BCUT2D eigenvalue weighted by atomic mass is 32.1. The van der Waals surface area contributed by atoms with E-state index >= 15 is 0 Å². The van der Waals surface area contributed by atoms with E-state index in [1.807, 2.05) is 6.07 Å². The lowest BCUT2D eigenvalue weighted by molar-refractivity contribution is -0.112. The van der Waals surface area contributed by atoms with Crippen molar-refractivity contribution in [2.24, 2.45) is 0 Å². The van der Waals surface area contributed by atoms with E-state index in [9.17, 15) is 20.0 Å². The molecule has 0 unspecified atom stereocenters. The van der Waals surface area contributed by atoms with Crippen molar-refractivity contribution in [3.8, 4) is 23.3 Å². The van der Waals surface area contributed by atoms with Gasteiger partial charge in [0.05, 0.1) is 26.4 Å². The summed E-state index contributed by atoms with van der Waals surface area (Å²) in [6.45, 7) is 1.95. The van der Waals surface area contributed by atoms with Crippen LogP contribution in [0.4, 0.5) is 5.00 Å². The van der Waals surface area contributed by atoms with E-state index in [1.165, 1.54) is 43.8 Å². The fourth-order valence-electron chi connectivity index (χ4n) is 3.56. The second-order valence-corrected chi connectivity index (χ2v) is 8.14. The second-order valence-electron chi connectivity index (χ2n) is 7.03. The van der Waals surface area contributed by atoms with Crippen molar-refractivity contribution in [1.29, 1.82) is 5.26 Å². The first-order valence-electron chi connectivity index (χ1n) is 10.1. The highest BCUT2D eigenvalue weighted by Gasteiger charge is 2.27. The predicted octanol–water partition coefficient (Wildman–Crippen LogP) is 4.07. The number of carbonyl (C=O) groups is 2. The summed E-state index contributed by atoms with van der Waals surface area (Å²) in [7, 11) is 2.77. The molecule has 0 bridgehead atoms. The van der Waals surface area contributed by atoms with Crippen LogP contribution < -0.4 is 14.8 Å². The fraction of sp³-hybridized carbons (Fsp3) is 0.348. The molecule has 0 saturated heterocycles. The van der Waals surface area contributed by atoms with Crippen molar-refractivity contribution in [2.75, 3.05) is 26.1 Å². The molecule has 1 heterocycles. The van der Waals surface area contributed by atoms with Crippen LogP contribution in [0, 0.1) is 11.3 Å². The topological polar surface area (TPSA) is 118 Å². The molecule has 1 amide bonds. The van der Waals surface area contributed by atoms with Crippen LogP contribution >= 0.6 is 11.3 Å². The zero-order chi connectivity index (χ0) is 23.3. The van der Waals surface area contributed by atoms with E-state index in [2.05, 4.69) is 5.32 Å². The van der Waals surface area contributed by atoms with Crippen LogP contribution in [0.2, 0.25) is 0 Å². The Kier molecular flexibility index (Phi) is 7.38. The number of ether oxygens (including phenoxy) is 3. The van der Waals surface area contributed by atoms with E-state index in [0.717, 1.165) is 36.1 Å². The minimum atomic E-state index is -0.650. The third kappa shape index (κ3) is 4.70. The van der Waals surface area contributed by atoms with Gasteiger partial charge < -0.3 is 24.6 Å². The van der Waals surface area contributed by atoms with Gasteiger partial charge >= 0.3 is 5.97 Å². The number of thiophene rings is 1. The molecule has 168 valence electrons. The number of hydrogen-bond donors (Lipinski definition) is 2. The molecule has 8 nitrogen and oxygen atoms in total.